The van der Waals surface area contributed by atoms with Crippen molar-refractivity contribution in [1.82, 2.24) is 20.2 Å². The van der Waals surface area contributed by atoms with Crippen molar-refractivity contribution in [2.75, 3.05) is 5.32 Å². The van der Waals surface area contributed by atoms with Crippen molar-refractivity contribution in [2.45, 2.75) is 39.2 Å². The summed E-state index contributed by atoms with van der Waals surface area (Å²) in [6, 6.07) is 6.85. The molecule has 0 bridgehead atoms. The first-order valence-electron chi connectivity index (χ1n) is 6.88. The van der Waals surface area contributed by atoms with Gasteiger partial charge in [-0.15, -0.1) is 5.10 Å². The van der Waals surface area contributed by atoms with Crippen molar-refractivity contribution < 1.29 is 0 Å². The van der Waals surface area contributed by atoms with Gasteiger partial charge in [0.15, 0.2) is 0 Å². The second kappa shape index (κ2) is 4.99. The van der Waals surface area contributed by atoms with Crippen LogP contribution in [-0.2, 0) is 0 Å². The van der Waals surface area contributed by atoms with E-state index in [0.717, 1.165) is 11.6 Å². The van der Waals surface area contributed by atoms with Crippen molar-refractivity contribution in [3.63, 3.8) is 0 Å². The van der Waals surface area contributed by atoms with Crippen LogP contribution in [0.2, 0.25) is 0 Å². The number of hydrogen-bond donors (Lipinski definition) is 1. The molecule has 5 nitrogen and oxygen atoms in total. The summed E-state index contributed by atoms with van der Waals surface area (Å²) in [7, 11) is 0. The molecular weight excluding hydrogens is 238 g/mol. The van der Waals surface area contributed by atoms with E-state index in [1.54, 1.807) is 11.0 Å². The zero-order chi connectivity index (χ0) is 13.2. The molecule has 0 amide bonds. The quantitative estimate of drug-likeness (QED) is 0.894. The Labute approximate surface area is 113 Å². The summed E-state index contributed by atoms with van der Waals surface area (Å²) in [5, 5.41) is 15.0. The summed E-state index contributed by atoms with van der Waals surface area (Å²) in [5.41, 5.74) is 3.44. The third-order valence-electron chi connectivity index (χ3n) is 3.81. The second-order valence-electron chi connectivity index (χ2n) is 5.25. The van der Waals surface area contributed by atoms with Gasteiger partial charge in [-0.3, -0.25) is 0 Å². The predicted molar refractivity (Wildman–Crippen MR) is 74.3 cm³/mol. The van der Waals surface area contributed by atoms with Gasteiger partial charge in [-0.25, -0.2) is 4.68 Å². The largest absolute Gasteiger partial charge is 0.382 e. The monoisotopic (exact) mass is 257 g/mol. The average Bonchev–Trinajstić information content (AvgIpc) is 3.12. The Kier molecular flexibility index (Phi) is 3.19. The Hall–Kier alpha value is -1.91. The minimum absolute atomic E-state index is 0.586. The number of aryl methyl sites for hydroxylation is 1. The van der Waals surface area contributed by atoms with Crippen LogP contribution in [0.15, 0.2) is 24.5 Å². The van der Waals surface area contributed by atoms with E-state index in [-0.39, 0.29) is 0 Å². The molecular formula is C14H19N5. The first-order chi connectivity index (χ1) is 9.28. The van der Waals surface area contributed by atoms with Gasteiger partial charge < -0.3 is 5.32 Å². The second-order valence-corrected chi connectivity index (χ2v) is 5.25. The fourth-order valence-electron chi connectivity index (χ4n) is 2.44. The van der Waals surface area contributed by atoms with Crippen LogP contribution in [0.1, 0.15) is 31.7 Å². The highest BCUT2D eigenvalue weighted by molar-refractivity contribution is 5.57. The van der Waals surface area contributed by atoms with Crippen LogP contribution in [0, 0.1) is 12.8 Å². The van der Waals surface area contributed by atoms with Gasteiger partial charge in [0.05, 0.1) is 5.69 Å². The molecule has 2 aromatic rings. The Morgan fingerprint density at radius 2 is 2.26 bits per heavy atom. The molecule has 1 aromatic heterocycles. The van der Waals surface area contributed by atoms with Crippen LogP contribution in [0.25, 0.3) is 5.69 Å². The number of hydrogen-bond acceptors (Lipinski definition) is 4. The fourth-order valence-corrected chi connectivity index (χ4v) is 2.44. The number of anilines is 1. The van der Waals surface area contributed by atoms with E-state index in [1.165, 1.54) is 30.5 Å². The summed E-state index contributed by atoms with van der Waals surface area (Å²) >= 11 is 0. The van der Waals surface area contributed by atoms with Crippen molar-refractivity contribution in [1.29, 1.82) is 0 Å². The predicted octanol–water partition coefficient (Wildman–Crippen LogP) is 2.57. The van der Waals surface area contributed by atoms with Gasteiger partial charge in [-0.1, -0.05) is 13.0 Å². The van der Waals surface area contributed by atoms with Gasteiger partial charge in [0.25, 0.3) is 0 Å². The van der Waals surface area contributed by atoms with Crippen LogP contribution in [0.3, 0.4) is 0 Å². The van der Waals surface area contributed by atoms with Gasteiger partial charge in [0, 0.05) is 11.7 Å². The maximum Gasteiger partial charge on any atom is 0.143 e. The van der Waals surface area contributed by atoms with Gasteiger partial charge >= 0.3 is 0 Å². The number of nitrogens with zero attached hydrogens (tertiary/aromatic N) is 4. The number of rotatable bonds is 5. The molecule has 1 aliphatic rings. The van der Waals surface area contributed by atoms with E-state index < -0.39 is 0 Å². The maximum atomic E-state index is 3.93. The van der Waals surface area contributed by atoms with E-state index in [2.05, 4.69) is 46.8 Å². The molecule has 0 aliphatic heterocycles. The summed E-state index contributed by atoms with van der Waals surface area (Å²) in [4.78, 5) is 0. The Bertz CT molecular complexity index is 545. The molecule has 0 radical (unpaired) electrons. The molecule has 1 saturated carbocycles. The lowest BCUT2D eigenvalue weighted by molar-refractivity contribution is 0.616. The molecule has 1 aromatic carbocycles. The zero-order valence-electron chi connectivity index (χ0n) is 11.4. The molecule has 5 heteroatoms. The highest BCUT2D eigenvalue weighted by Crippen LogP contribution is 2.36. The topological polar surface area (TPSA) is 55.6 Å². The van der Waals surface area contributed by atoms with Gasteiger partial charge in [-0.2, -0.15) is 0 Å². The molecule has 3 rings (SSSR count). The molecule has 1 N–H and O–H groups in total. The van der Waals surface area contributed by atoms with Crippen molar-refractivity contribution in [3.8, 4) is 5.69 Å². The third kappa shape index (κ3) is 2.59. The maximum absolute atomic E-state index is 3.93. The lowest BCUT2D eigenvalue weighted by atomic mass is 10.1. The standard InChI is InChI=1S/C14H19N5/c1-3-13(11-5-6-11)16-14-8-12(7-4-10(14)2)19-9-15-17-18-19/h4,7-9,11,13,16H,3,5-6H2,1-2H3. The van der Waals surface area contributed by atoms with Gasteiger partial charge in [-0.05, 0) is 60.2 Å². The number of nitrogens with one attached hydrogen (secondary N) is 1. The van der Waals surface area contributed by atoms with Crippen molar-refractivity contribution in [2.24, 2.45) is 5.92 Å². The molecule has 0 saturated heterocycles. The van der Waals surface area contributed by atoms with Crippen LogP contribution in [0.4, 0.5) is 5.69 Å². The average molecular weight is 257 g/mol. The molecule has 0 spiro atoms. The van der Waals surface area contributed by atoms with Crippen LogP contribution in [0.5, 0.6) is 0 Å². The molecule has 1 aliphatic carbocycles. The summed E-state index contributed by atoms with van der Waals surface area (Å²) in [6.07, 6.45) is 5.50. The van der Waals surface area contributed by atoms with E-state index in [4.69, 9.17) is 0 Å². The molecule has 1 fully saturated rings. The highest BCUT2D eigenvalue weighted by atomic mass is 15.5. The Morgan fingerprint density at radius 1 is 1.42 bits per heavy atom. The number of aromatic nitrogens is 4. The van der Waals surface area contributed by atoms with Crippen LogP contribution >= 0.6 is 0 Å². The zero-order valence-corrected chi connectivity index (χ0v) is 11.4. The number of tetrazole rings is 1. The number of benzene rings is 1. The van der Waals surface area contributed by atoms with Crippen molar-refractivity contribution in [3.05, 3.63) is 30.1 Å². The Morgan fingerprint density at radius 3 is 2.89 bits per heavy atom. The summed E-state index contributed by atoms with van der Waals surface area (Å²) < 4.78 is 1.68. The van der Waals surface area contributed by atoms with Gasteiger partial charge in [0.2, 0.25) is 0 Å². The SMILES string of the molecule is CCC(Nc1cc(-n2cnnn2)ccc1C)C1CC1. The first kappa shape index (κ1) is 12.1. The summed E-state index contributed by atoms with van der Waals surface area (Å²) in [6.45, 7) is 4.38. The molecule has 19 heavy (non-hydrogen) atoms. The lowest BCUT2D eigenvalue weighted by Gasteiger charge is -2.19. The summed E-state index contributed by atoms with van der Waals surface area (Å²) in [5.74, 6) is 0.848. The molecule has 100 valence electrons. The lowest BCUT2D eigenvalue weighted by Crippen LogP contribution is -2.21. The third-order valence-corrected chi connectivity index (χ3v) is 3.81. The van der Waals surface area contributed by atoms with Crippen LogP contribution < -0.4 is 5.32 Å². The molecule has 1 atom stereocenters. The van der Waals surface area contributed by atoms with Crippen molar-refractivity contribution >= 4 is 5.69 Å². The highest BCUT2D eigenvalue weighted by Gasteiger charge is 2.30. The smallest absolute Gasteiger partial charge is 0.143 e. The Balaban J connectivity index is 1.85. The van der Waals surface area contributed by atoms with E-state index in [9.17, 15) is 0 Å². The van der Waals surface area contributed by atoms with E-state index in [0.29, 0.717) is 6.04 Å². The minimum Gasteiger partial charge on any atom is -0.382 e. The van der Waals surface area contributed by atoms with E-state index in [1.807, 2.05) is 6.07 Å². The fraction of sp³-hybridized carbons (Fsp3) is 0.500. The van der Waals surface area contributed by atoms with Crippen LogP contribution in [-0.4, -0.2) is 26.2 Å². The first-order valence-corrected chi connectivity index (χ1v) is 6.88. The minimum atomic E-state index is 0.586. The molecule has 1 heterocycles. The van der Waals surface area contributed by atoms with E-state index >= 15 is 0 Å². The van der Waals surface area contributed by atoms with Gasteiger partial charge in [0.1, 0.15) is 6.33 Å². The normalized spacial score (nSPS) is 16.3. The molecule has 1 unspecified atom stereocenters.